The molecule has 0 radical (unpaired) electrons. The minimum absolute atomic E-state index is 0.232. The van der Waals surface area contributed by atoms with Crippen LogP contribution in [0.25, 0.3) is 11.1 Å². The number of carbonyl (C=O) groups is 1. The molecule has 0 saturated carbocycles. The van der Waals surface area contributed by atoms with E-state index >= 15 is 0 Å². The summed E-state index contributed by atoms with van der Waals surface area (Å²) < 4.78 is 10.9. The molecule has 6 heteroatoms. The third-order valence-electron chi connectivity index (χ3n) is 3.89. The topological polar surface area (TPSA) is 77.2 Å². The first-order chi connectivity index (χ1) is 11.3. The summed E-state index contributed by atoms with van der Waals surface area (Å²) in [4.78, 5) is 20.6. The van der Waals surface area contributed by atoms with E-state index in [2.05, 4.69) is 15.3 Å². The van der Waals surface area contributed by atoms with Gasteiger partial charge in [0.25, 0.3) is 0 Å². The summed E-state index contributed by atoms with van der Waals surface area (Å²) in [5.41, 5.74) is 4.22. The predicted octanol–water partition coefficient (Wildman–Crippen LogP) is 2.23. The van der Waals surface area contributed by atoms with Crippen molar-refractivity contribution in [3.8, 4) is 0 Å². The van der Waals surface area contributed by atoms with Crippen LogP contribution in [-0.4, -0.2) is 22.5 Å². The Kier molecular flexibility index (Phi) is 3.51. The van der Waals surface area contributed by atoms with E-state index in [9.17, 15) is 4.79 Å². The van der Waals surface area contributed by atoms with Crippen LogP contribution in [0, 0.1) is 0 Å². The Balaban J connectivity index is 1.41. The number of nitrogens with one attached hydrogen (secondary N) is 1. The molecule has 23 heavy (non-hydrogen) atoms. The molecule has 4 rings (SSSR count). The van der Waals surface area contributed by atoms with Gasteiger partial charge in [-0.2, -0.15) is 0 Å². The van der Waals surface area contributed by atoms with Crippen LogP contribution in [0.3, 0.4) is 0 Å². The van der Waals surface area contributed by atoms with E-state index in [1.54, 1.807) is 24.5 Å². The number of benzene rings is 1. The zero-order valence-electron chi connectivity index (χ0n) is 12.4. The van der Waals surface area contributed by atoms with Crippen molar-refractivity contribution >= 4 is 17.1 Å². The third-order valence-corrected chi connectivity index (χ3v) is 3.89. The average Bonchev–Trinajstić information content (AvgIpc) is 3.20. The number of hydrogen-bond acceptors (Lipinski definition) is 6. The molecule has 1 N–H and O–H groups in total. The quantitative estimate of drug-likeness (QED) is 0.745. The number of oxazole rings is 1. The summed E-state index contributed by atoms with van der Waals surface area (Å²) in [7, 11) is 0. The summed E-state index contributed by atoms with van der Waals surface area (Å²) in [5.74, 6) is 0.240. The van der Waals surface area contributed by atoms with E-state index in [1.165, 1.54) is 0 Å². The normalized spacial score (nSPS) is 13.2. The molecule has 3 heterocycles. The third kappa shape index (κ3) is 2.68. The molecular weight excluding hydrogens is 294 g/mol. The summed E-state index contributed by atoms with van der Waals surface area (Å²) in [6, 6.07) is 7.48. The van der Waals surface area contributed by atoms with E-state index in [4.69, 9.17) is 9.15 Å². The monoisotopic (exact) mass is 309 g/mol. The maximum absolute atomic E-state index is 12.3. The average molecular weight is 309 g/mol. The van der Waals surface area contributed by atoms with Crippen LogP contribution in [0.1, 0.15) is 27.4 Å². The highest BCUT2D eigenvalue weighted by Crippen LogP contribution is 2.20. The Morgan fingerprint density at radius 2 is 2.26 bits per heavy atom. The number of carbonyl (C=O) groups excluding carboxylic acids is 1. The molecule has 1 aromatic carbocycles. The molecular formula is C17H15N3O3. The van der Waals surface area contributed by atoms with Gasteiger partial charge in [-0.3, -0.25) is 4.98 Å². The fraction of sp³-hybridized carbons (Fsp3) is 0.235. The maximum atomic E-state index is 12.3. The molecule has 0 bridgehead atoms. The van der Waals surface area contributed by atoms with Crippen molar-refractivity contribution in [2.75, 3.05) is 6.61 Å². The predicted molar refractivity (Wildman–Crippen MR) is 82.8 cm³/mol. The highest BCUT2D eigenvalue weighted by Gasteiger charge is 2.19. The van der Waals surface area contributed by atoms with Crippen LogP contribution >= 0.6 is 0 Å². The van der Waals surface area contributed by atoms with E-state index in [-0.39, 0.29) is 12.6 Å². The molecule has 0 spiro atoms. The summed E-state index contributed by atoms with van der Waals surface area (Å²) in [6.45, 7) is 1.74. The van der Waals surface area contributed by atoms with E-state index in [0.29, 0.717) is 35.5 Å². The largest absolute Gasteiger partial charge is 0.462 e. The van der Waals surface area contributed by atoms with Gasteiger partial charge in [-0.05, 0) is 17.2 Å². The first-order valence-corrected chi connectivity index (χ1v) is 7.49. The standard InChI is InChI=1S/C17H15N3O3/c21-17(12-3-1-2-11-8-19-9-13(11)12)22-7-5-16-20-14-10-18-6-4-15(14)23-16/h1-4,6,10,19H,5,7-9H2. The van der Waals surface area contributed by atoms with Gasteiger partial charge in [-0.25, -0.2) is 9.78 Å². The number of pyridine rings is 1. The lowest BCUT2D eigenvalue weighted by Crippen LogP contribution is -2.11. The van der Waals surface area contributed by atoms with Gasteiger partial charge in [-0.15, -0.1) is 0 Å². The molecule has 0 saturated heterocycles. The first kappa shape index (κ1) is 13.9. The van der Waals surface area contributed by atoms with Crippen molar-refractivity contribution in [2.24, 2.45) is 0 Å². The lowest BCUT2D eigenvalue weighted by atomic mass is 10.0. The lowest BCUT2D eigenvalue weighted by Gasteiger charge is -2.07. The van der Waals surface area contributed by atoms with Gasteiger partial charge in [0.1, 0.15) is 12.1 Å². The lowest BCUT2D eigenvalue weighted by molar-refractivity contribution is 0.0502. The van der Waals surface area contributed by atoms with Crippen LogP contribution < -0.4 is 5.32 Å². The zero-order valence-corrected chi connectivity index (χ0v) is 12.4. The van der Waals surface area contributed by atoms with Gasteiger partial charge in [0, 0.05) is 25.4 Å². The van der Waals surface area contributed by atoms with Crippen LogP contribution in [0.2, 0.25) is 0 Å². The van der Waals surface area contributed by atoms with Crippen LogP contribution in [0.5, 0.6) is 0 Å². The van der Waals surface area contributed by atoms with Crippen molar-refractivity contribution in [1.29, 1.82) is 0 Å². The second-order valence-electron chi connectivity index (χ2n) is 5.38. The van der Waals surface area contributed by atoms with Gasteiger partial charge in [-0.1, -0.05) is 12.1 Å². The van der Waals surface area contributed by atoms with Crippen molar-refractivity contribution in [1.82, 2.24) is 15.3 Å². The molecule has 0 aliphatic carbocycles. The number of ether oxygens (including phenoxy) is 1. The van der Waals surface area contributed by atoms with Crippen molar-refractivity contribution in [3.05, 3.63) is 59.2 Å². The van der Waals surface area contributed by atoms with Gasteiger partial charge in [0.15, 0.2) is 11.5 Å². The number of rotatable bonds is 4. The van der Waals surface area contributed by atoms with E-state index < -0.39 is 0 Å². The number of aromatic nitrogens is 2. The molecule has 1 aliphatic rings. The number of hydrogen-bond donors (Lipinski definition) is 1. The Labute approximate surface area is 132 Å². The highest BCUT2D eigenvalue weighted by atomic mass is 16.5. The van der Waals surface area contributed by atoms with Gasteiger partial charge < -0.3 is 14.5 Å². The first-order valence-electron chi connectivity index (χ1n) is 7.49. The second-order valence-corrected chi connectivity index (χ2v) is 5.38. The number of nitrogens with zero attached hydrogens (tertiary/aromatic N) is 2. The summed E-state index contributed by atoms with van der Waals surface area (Å²) in [5, 5.41) is 3.24. The highest BCUT2D eigenvalue weighted by molar-refractivity contribution is 5.91. The molecule has 2 aromatic heterocycles. The van der Waals surface area contributed by atoms with E-state index in [0.717, 1.165) is 17.7 Å². The van der Waals surface area contributed by atoms with Gasteiger partial charge in [0.05, 0.1) is 18.2 Å². The van der Waals surface area contributed by atoms with Crippen LogP contribution in [0.4, 0.5) is 0 Å². The maximum Gasteiger partial charge on any atom is 0.338 e. The summed E-state index contributed by atoms with van der Waals surface area (Å²) >= 11 is 0. The molecule has 0 fully saturated rings. The van der Waals surface area contributed by atoms with Crippen LogP contribution in [-0.2, 0) is 24.2 Å². The smallest absolute Gasteiger partial charge is 0.338 e. The Morgan fingerprint density at radius 3 is 3.17 bits per heavy atom. The van der Waals surface area contributed by atoms with E-state index in [1.807, 2.05) is 12.1 Å². The Bertz CT molecular complexity index is 839. The van der Waals surface area contributed by atoms with Crippen molar-refractivity contribution < 1.29 is 13.9 Å². The fourth-order valence-electron chi connectivity index (χ4n) is 2.77. The van der Waals surface area contributed by atoms with Crippen molar-refractivity contribution in [3.63, 3.8) is 0 Å². The fourth-order valence-corrected chi connectivity index (χ4v) is 2.77. The molecule has 0 unspecified atom stereocenters. The van der Waals surface area contributed by atoms with Gasteiger partial charge in [0.2, 0.25) is 0 Å². The van der Waals surface area contributed by atoms with Crippen LogP contribution in [0.15, 0.2) is 41.1 Å². The zero-order chi connectivity index (χ0) is 15.6. The minimum atomic E-state index is -0.302. The Hall–Kier alpha value is -2.73. The SMILES string of the molecule is O=C(OCCc1nc2cnccc2o1)c1cccc2c1CNC2. The van der Waals surface area contributed by atoms with Crippen molar-refractivity contribution in [2.45, 2.75) is 19.5 Å². The molecule has 0 atom stereocenters. The summed E-state index contributed by atoms with van der Waals surface area (Å²) in [6.07, 6.45) is 3.74. The molecule has 1 aliphatic heterocycles. The number of esters is 1. The molecule has 6 nitrogen and oxygen atoms in total. The second kappa shape index (κ2) is 5.81. The minimum Gasteiger partial charge on any atom is -0.462 e. The van der Waals surface area contributed by atoms with Gasteiger partial charge >= 0.3 is 5.97 Å². The number of fused-ring (bicyclic) bond motifs is 2. The Morgan fingerprint density at radius 1 is 1.30 bits per heavy atom. The molecule has 0 amide bonds. The molecule has 116 valence electrons. The molecule has 3 aromatic rings.